The molecule has 0 aliphatic carbocycles. The van der Waals surface area contributed by atoms with E-state index < -0.39 is 15.9 Å². The second kappa shape index (κ2) is 9.25. The number of carbonyl (C=O) groups is 1. The van der Waals surface area contributed by atoms with Gasteiger partial charge in [0, 0.05) is 18.3 Å². The average Bonchev–Trinajstić information content (AvgIpc) is 3.21. The van der Waals surface area contributed by atoms with Gasteiger partial charge in [0.05, 0.1) is 11.4 Å². The van der Waals surface area contributed by atoms with Gasteiger partial charge in [-0.15, -0.1) is 0 Å². The molecule has 0 bridgehead atoms. The highest BCUT2D eigenvalue weighted by molar-refractivity contribution is 7.89. The Bertz CT molecular complexity index is 1270. The zero-order valence-corrected chi connectivity index (χ0v) is 19.6. The summed E-state index contributed by atoms with van der Waals surface area (Å²) < 4.78 is 39.3. The van der Waals surface area contributed by atoms with Crippen LogP contribution in [0.15, 0.2) is 65.6 Å². The number of benzene rings is 3. The lowest BCUT2D eigenvalue weighted by atomic mass is 10.1. The summed E-state index contributed by atoms with van der Waals surface area (Å²) in [6.07, 6.45) is 0. The topological polar surface area (TPSA) is 84.9 Å². The second-order valence-electron chi connectivity index (χ2n) is 8.10. The maximum absolute atomic E-state index is 13.7. The van der Waals surface area contributed by atoms with Crippen molar-refractivity contribution in [3.8, 4) is 11.5 Å². The Morgan fingerprint density at radius 2 is 1.61 bits per heavy atom. The molecule has 3 aromatic rings. The Kier molecular flexibility index (Phi) is 6.40. The maximum atomic E-state index is 13.7. The van der Waals surface area contributed by atoms with Crippen LogP contribution in [0, 0.1) is 20.8 Å². The fourth-order valence-electron chi connectivity index (χ4n) is 4.05. The van der Waals surface area contributed by atoms with E-state index in [1.807, 2.05) is 49.4 Å². The van der Waals surface area contributed by atoms with Gasteiger partial charge in [-0.3, -0.25) is 4.79 Å². The maximum Gasteiger partial charge on any atom is 0.244 e. The van der Waals surface area contributed by atoms with Gasteiger partial charge in [0.1, 0.15) is 0 Å². The van der Waals surface area contributed by atoms with E-state index in [0.717, 1.165) is 11.1 Å². The number of hydrogen-bond donors (Lipinski definition) is 1. The van der Waals surface area contributed by atoms with Crippen molar-refractivity contribution in [1.82, 2.24) is 4.31 Å². The van der Waals surface area contributed by atoms with Crippen molar-refractivity contribution in [3.63, 3.8) is 0 Å². The van der Waals surface area contributed by atoms with Gasteiger partial charge >= 0.3 is 0 Å². The van der Waals surface area contributed by atoms with E-state index in [0.29, 0.717) is 28.3 Å². The van der Waals surface area contributed by atoms with E-state index in [1.165, 1.54) is 4.31 Å². The first-order valence-electron chi connectivity index (χ1n) is 10.6. The Morgan fingerprint density at radius 1 is 0.939 bits per heavy atom. The molecule has 1 aliphatic heterocycles. The first-order chi connectivity index (χ1) is 15.7. The number of anilines is 1. The molecule has 7 nitrogen and oxygen atoms in total. The normalized spacial score (nSPS) is 12.7. The number of amides is 1. The molecule has 1 aliphatic rings. The molecule has 0 unspecified atom stereocenters. The minimum absolute atomic E-state index is 0.0739. The summed E-state index contributed by atoms with van der Waals surface area (Å²) in [5.74, 6) is 0.690. The lowest BCUT2D eigenvalue weighted by Crippen LogP contribution is -2.38. The molecule has 1 amide bonds. The predicted octanol–water partition coefficient (Wildman–Crippen LogP) is 4.17. The predicted molar refractivity (Wildman–Crippen MR) is 126 cm³/mol. The molecule has 3 aromatic carbocycles. The van der Waals surface area contributed by atoms with Crippen LogP contribution < -0.4 is 14.8 Å². The Hall–Kier alpha value is -3.36. The van der Waals surface area contributed by atoms with Crippen LogP contribution in [0.5, 0.6) is 11.5 Å². The highest BCUT2D eigenvalue weighted by Gasteiger charge is 2.30. The van der Waals surface area contributed by atoms with E-state index in [9.17, 15) is 13.2 Å². The van der Waals surface area contributed by atoms with Crippen molar-refractivity contribution in [2.24, 2.45) is 0 Å². The number of nitrogens with zero attached hydrogens (tertiary/aromatic N) is 1. The number of rotatable bonds is 7. The number of fused-ring (bicyclic) bond motifs is 1. The highest BCUT2D eigenvalue weighted by Crippen LogP contribution is 2.34. The number of ether oxygens (including phenoxy) is 2. The van der Waals surface area contributed by atoms with E-state index in [2.05, 4.69) is 5.32 Å². The molecular formula is C25H26N2O5S. The van der Waals surface area contributed by atoms with Gasteiger partial charge in [0.2, 0.25) is 22.7 Å². The van der Waals surface area contributed by atoms with Gasteiger partial charge in [-0.1, -0.05) is 48.0 Å². The van der Waals surface area contributed by atoms with Gasteiger partial charge in [-0.25, -0.2) is 8.42 Å². The minimum Gasteiger partial charge on any atom is -0.454 e. The van der Waals surface area contributed by atoms with Crippen LogP contribution in [-0.2, 0) is 21.4 Å². The van der Waals surface area contributed by atoms with E-state index in [1.54, 1.807) is 32.0 Å². The Morgan fingerprint density at radius 3 is 2.30 bits per heavy atom. The quantitative estimate of drug-likeness (QED) is 0.565. The van der Waals surface area contributed by atoms with Crippen LogP contribution in [0.2, 0.25) is 0 Å². The van der Waals surface area contributed by atoms with Gasteiger partial charge in [-0.2, -0.15) is 4.31 Å². The standard InChI is InChI=1S/C25H26N2O5S/c1-17-11-18(2)25(19(3)12-17)33(29,30)27(14-20-7-5-4-6-8-20)15-24(28)26-21-9-10-22-23(13-21)32-16-31-22/h4-13H,14-16H2,1-3H3,(H,26,28). The van der Waals surface area contributed by atoms with E-state index >= 15 is 0 Å². The molecule has 8 heteroatoms. The fourth-order valence-corrected chi connectivity index (χ4v) is 5.85. The molecule has 33 heavy (non-hydrogen) atoms. The molecule has 4 rings (SSSR count). The Balaban J connectivity index is 1.63. The van der Waals surface area contributed by atoms with Crippen molar-refractivity contribution in [1.29, 1.82) is 0 Å². The SMILES string of the molecule is Cc1cc(C)c(S(=O)(=O)N(CC(=O)Nc2ccc3c(c2)OCO3)Cc2ccccc2)c(C)c1. The summed E-state index contributed by atoms with van der Waals surface area (Å²) in [6.45, 7) is 5.35. The average molecular weight is 467 g/mol. The number of hydrogen-bond acceptors (Lipinski definition) is 5. The molecule has 0 aromatic heterocycles. The molecule has 0 saturated carbocycles. The lowest BCUT2D eigenvalue weighted by molar-refractivity contribution is -0.116. The minimum atomic E-state index is -3.95. The molecule has 1 heterocycles. The highest BCUT2D eigenvalue weighted by atomic mass is 32.2. The van der Waals surface area contributed by atoms with E-state index in [-0.39, 0.29) is 24.8 Å². The molecule has 0 radical (unpaired) electrons. The molecule has 0 saturated heterocycles. The van der Waals surface area contributed by atoms with Gasteiger partial charge in [0.15, 0.2) is 11.5 Å². The third-order valence-corrected chi connectivity index (χ3v) is 7.48. The van der Waals surface area contributed by atoms with Crippen LogP contribution in [-0.4, -0.2) is 32.0 Å². The first-order valence-corrected chi connectivity index (χ1v) is 12.0. The van der Waals surface area contributed by atoms with Crippen LogP contribution in [0.1, 0.15) is 22.3 Å². The van der Waals surface area contributed by atoms with Gasteiger partial charge in [-0.05, 0) is 49.6 Å². The van der Waals surface area contributed by atoms with Crippen molar-refractivity contribution in [2.45, 2.75) is 32.2 Å². The van der Waals surface area contributed by atoms with Gasteiger partial charge < -0.3 is 14.8 Å². The molecule has 1 N–H and O–H groups in total. The van der Waals surface area contributed by atoms with Crippen LogP contribution in [0.25, 0.3) is 0 Å². The number of sulfonamides is 1. The molecule has 172 valence electrons. The first kappa shape index (κ1) is 22.8. The molecular weight excluding hydrogens is 440 g/mol. The monoisotopic (exact) mass is 466 g/mol. The number of carbonyl (C=O) groups excluding carboxylic acids is 1. The van der Waals surface area contributed by atoms with Crippen molar-refractivity contribution < 1.29 is 22.7 Å². The molecule has 0 atom stereocenters. The smallest absolute Gasteiger partial charge is 0.244 e. The van der Waals surface area contributed by atoms with E-state index in [4.69, 9.17) is 9.47 Å². The largest absolute Gasteiger partial charge is 0.454 e. The third-order valence-electron chi connectivity index (χ3n) is 5.38. The summed E-state index contributed by atoms with van der Waals surface area (Å²) in [5.41, 5.74) is 3.59. The lowest BCUT2D eigenvalue weighted by Gasteiger charge is -2.24. The summed E-state index contributed by atoms with van der Waals surface area (Å²) in [6, 6.07) is 18.0. The van der Waals surface area contributed by atoms with Crippen LogP contribution in [0.4, 0.5) is 5.69 Å². The second-order valence-corrected chi connectivity index (χ2v) is 9.98. The third kappa shape index (κ3) is 5.02. The van der Waals surface area contributed by atoms with Crippen molar-refractivity contribution in [2.75, 3.05) is 18.7 Å². The number of aryl methyl sites for hydroxylation is 3. The fraction of sp³-hybridized carbons (Fsp3) is 0.240. The molecule has 0 spiro atoms. The zero-order valence-electron chi connectivity index (χ0n) is 18.8. The van der Waals surface area contributed by atoms with Crippen molar-refractivity contribution >= 4 is 21.6 Å². The summed E-state index contributed by atoms with van der Waals surface area (Å²) in [5, 5.41) is 2.77. The summed E-state index contributed by atoms with van der Waals surface area (Å²) >= 11 is 0. The number of nitrogens with one attached hydrogen (secondary N) is 1. The molecule has 0 fully saturated rings. The van der Waals surface area contributed by atoms with Crippen molar-refractivity contribution in [3.05, 3.63) is 82.9 Å². The Labute approximate surface area is 194 Å². The summed E-state index contributed by atoms with van der Waals surface area (Å²) in [7, 11) is -3.95. The summed E-state index contributed by atoms with van der Waals surface area (Å²) in [4.78, 5) is 13.2. The van der Waals surface area contributed by atoms with Gasteiger partial charge in [0.25, 0.3) is 0 Å². The van der Waals surface area contributed by atoms with Crippen LogP contribution in [0.3, 0.4) is 0 Å². The zero-order chi connectivity index (χ0) is 23.6. The van der Waals surface area contributed by atoms with Crippen LogP contribution >= 0.6 is 0 Å².